The van der Waals surface area contributed by atoms with Crippen LogP contribution in [0.2, 0.25) is 0 Å². The maximum Gasteiger partial charge on any atom is 0.186 e. The molecular formula is C16H14OS. The minimum Gasteiger partial charge on any atom is -0.289 e. The molecule has 0 heterocycles. The van der Waals surface area contributed by atoms with E-state index in [4.69, 9.17) is 0 Å². The Balaban J connectivity index is 1.99. The standard InChI is InChI=1S/C16H14OS/c1-13-6-5-7-14(12-13)16(17)10-11-18-15-8-3-2-4-9-15/h2-12H,1H3/b11-10+. The van der Waals surface area contributed by atoms with Gasteiger partial charge < -0.3 is 0 Å². The molecule has 90 valence electrons. The fourth-order valence-electron chi connectivity index (χ4n) is 1.57. The van der Waals surface area contributed by atoms with Gasteiger partial charge in [0, 0.05) is 10.5 Å². The number of rotatable bonds is 4. The van der Waals surface area contributed by atoms with Gasteiger partial charge in [-0.25, -0.2) is 0 Å². The SMILES string of the molecule is Cc1cccc(C(=O)/C=C/Sc2ccccc2)c1. The minimum absolute atomic E-state index is 0.0436. The van der Waals surface area contributed by atoms with Crippen LogP contribution in [-0.2, 0) is 0 Å². The minimum atomic E-state index is 0.0436. The lowest BCUT2D eigenvalue weighted by Gasteiger charge is -1.97. The summed E-state index contributed by atoms with van der Waals surface area (Å²) in [7, 11) is 0. The van der Waals surface area contributed by atoms with E-state index in [1.165, 1.54) is 0 Å². The van der Waals surface area contributed by atoms with Crippen LogP contribution >= 0.6 is 11.8 Å². The lowest BCUT2D eigenvalue weighted by atomic mass is 10.1. The largest absolute Gasteiger partial charge is 0.289 e. The van der Waals surface area contributed by atoms with Crippen molar-refractivity contribution in [1.82, 2.24) is 0 Å². The summed E-state index contributed by atoms with van der Waals surface area (Å²) in [6, 6.07) is 17.6. The summed E-state index contributed by atoms with van der Waals surface area (Å²) in [6.45, 7) is 1.99. The number of allylic oxidation sites excluding steroid dienone is 1. The van der Waals surface area contributed by atoms with Gasteiger partial charge in [-0.3, -0.25) is 4.79 Å². The molecule has 0 aliphatic heterocycles. The van der Waals surface area contributed by atoms with E-state index in [-0.39, 0.29) is 5.78 Å². The second kappa shape index (κ2) is 6.22. The highest BCUT2D eigenvalue weighted by atomic mass is 32.2. The number of aryl methyl sites for hydroxylation is 1. The van der Waals surface area contributed by atoms with Crippen molar-refractivity contribution in [3.63, 3.8) is 0 Å². The fourth-order valence-corrected chi connectivity index (χ4v) is 2.23. The van der Waals surface area contributed by atoms with Crippen molar-refractivity contribution in [2.24, 2.45) is 0 Å². The molecule has 0 atom stereocenters. The molecular weight excluding hydrogens is 240 g/mol. The smallest absolute Gasteiger partial charge is 0.186 e. The molecule has 1 nitrogen and oxygen atoms in total. The van der Waals surface area contributed by atoms with Crippen LogP contribution in [0.15, 0.2) is 71.0 Å². The Morgan fingerprint density at radius 2 is 1.83 bits per heavy atom. The van der Waals surface area contributed by atoms with Crippen LogP contribution in [0.4, 0.5) is 0 Å². The van der Waals surface area contributed by atoms with Gasteiger partial charge in [-0.2, -0.15) is 0 Å². The van der Waals surface area contributed by atoms with Gasteiger partial charge in [0.15, 0.2) is 5.78 Å². The van der Waals surface area contributed by atoms with Crippen molar-refractivity contribution < 1.29 is 4.79 Å². The number of ketones is 1. The molecule has 0 bridgehead atoms. The van der Waals surface area contributed by atoms with E-state index in [1.807, 2.05) is 66.9 Å². The van der Waals surface area contributed by atoms with E-state index in [1.54, 1.807) is 17.8 Å². The first-order valence-electron chi connectivity index (χ1n) is 5.75. The first-order valence-corrected chi connectivity index (χ1v) is 6.63. The molecule has 2 heteroatoms. The van der Waals surface area contributed by atoms with Gasteiger partial charge in [0.05, 0.1) is 0 Å². The third-order valence-electron chi connectivity index (χ3n) is 2.47. The number of hydrogen-bond donors (Lipinski definition) is 0. The highest BCUT2D eigenvalue weighted by Crippen LogP contribution is 2.18. The molecule has 0 N–H and O–H groups in total. The topological polar surface area (TPSA) is 17.1 Å². The normalized spacial score (nSPS) is 10.7. The van der Waals surface area contributed by atoms with Crippen LogP contribution in [0.1, 0.15) is 15.9 Å². The Bertz CT molecular complexity index is 558. The van der Waals surface area contributed by atoms with Crippen molar-refractivity contribution in [3.8, 4) is 0 Å². The first-order chi connectivity index (χ1) is 8.75. The predicted molar refractivity (Wildman–Crippen MR) is 76.9 cm³/mol. The molecule has 0 aliphatic carbocycles. The van der Waals surface area contributed by atoms with Crippen molar-refractivity contribution in [3.05, 3.63) is 77.2 Å². The average Bonchev–Trinajstić information content (AvgIpc) is 2.40. The van der Waals surface area contributed by atoms with Gasteiger partial charge in [0.2, 0.25) is 0 Å². The third-order valence-corrected chi connectivity index (χ3v) is 3.29. The summed E-state index contributed by atoms with van der Waals surface area (Å²) in [5, 5.41) is 1.83. The summed E-state index contributed by atoms with van der Waals surface area (Å²) in [6.07, 6.45) is 1.62. The predicted octanol–water partition coefficient (Wildman–Crippen LogP) is 4.48. The summed E-state index contributed by atoms with van der Waals surface area (Å²) in [5.74, 6) is 0.0436. The Hall–Kier alpha value is -1.80. The number of benzene rings is 2. The summed E-state index contributed by atoms with van der Waals surface area (Å²) in [5.41, 5.74) is 1.84. The van der Waals surface area contributed by atoms with E-state index in [2.05, 4.69) is 0 Å². The molecule has 0 radical (unpaired) electrons. The molecule has 2 aromatic rings. The van der Waals surface area contributed by atoms with Gasteiger partial charge in [-0.05, 0) is 36.6 Å². The van der Waals surface area contributed by atoms with E-state index in [0.717, 1.165) is 16.0 Å². The van der Waals surface area contributed by atoms with Gasteiger partial charge in [0.1, 0.15) is 0 Å². The van der Waals surface area contributed by atoms with Gasteiger partial charge in [-0.15, -0.1) is 0 Å². The summed E-state index contributed by atoms with van der Waals surface area (Å²) in [4.78, 5) is 13.0. The van der Waals surface area contributed by atoms with Crippen LogP contribution in [0, 0.1) is 6.92 Å². The van der Waals surface area contributed by atoms with E-state index < -0.39 is 0 Å². The number of thioether (sulfide) groups is 1. The Morgan fingerprint density at radius 3 is 2.56 bits per heavy atom. The maximum absolute atomic E-state index is 11.9. The quantitative estimate of drug-likeness (QED) is 0.454. The van der Waals surface area contributed by atoms with Crippen molar-refractivity contribution in [2.45, 2.75) is 11.8 Å². The van der Waals surface area contributed by atoms with Gasteiger partial charge in [0.25, 0.3) is 0 Å². The molecule has 0 saturated heterocycles. The fraction of sp³-hybridized carbons (Fsp3) is 0.0625. The maximum atomic E-state index is 11.9. The van der Waals surface area contributed by atoms with E-state index in [9.17, 15) is 4.79 Å². The number of carbonyl (C=O) groups is 1. The zero-order valence-corrected chi connectivity index (χ0v) is 11.0. The Kier molecular flexibility index (Phi) is 4.37. The van der Waals surface area contributed by atoms with E-state index >= 15 is 0 Å². The molecule has 0 spiro atoms. The first kappa shape index (κ1) is 12.7. The van der Waals surface area contributed by atoms with Gasteiger partial charge in [-0.1, -0.05) is 53.7 Å². The highest BCUT2D eigenvalue weighted by molar-refractivity contribution is 8.02. The molecule has 0 unspecified atom stereocenters. The molecule has 18 heavy (non-hydrogen) atoms. The molecule has 0 saturated carbocycles. The Morgan fingerprint density at radius 1 is 1.06 bits per heavy atom. The van der Waals surface area contributed by atoms with Crippen LogP contribution in [-0.4, -0.2) is 5.78 Å². The van der Waals surface area contributed by atoms with Crippen molar-refractivity contribution >= 4 is 17.5 Å². The highest BCUT2D eigenvalue weighted by Gasteiger charge is 2.00. The second-order valence-electron chi connectivity index (χ2n) is 3.97. The molecule has 2 rings (SSSR count). The zero-order chi connectivity index (χ0) is 12.8. The third kappa shape index (κ3) is 3.60. The monoisotopic (exact) mass is 254 g/mol. The lowest BCUT2D eigenvalue weighted by molar-refractivity contribution is 0.104. The summed E-state index contributed by atoms with van der Waals surface area (Å²) < 4.78 is 0. The lowest BCUT2D eigenvalue weighted by Crippen LogP contribution is -1.93. The molecule has 0 aliphatic rings. The Labute approximate surface area is 112 Å². The van der Waals surface area contributed by atoms with Crippen LogP contribution < -0.4 is 0 Å². The average molecular weight is 254 g/mol. The molecule has 0 amide bonds. The number of carbonyl (C=O) groups excluding carboxylic acids is 1. The van der Waals surface area contributed by atoms with Crippen LogP contribution in [0.3, 0.4) is 0 Å². The van der Waals surface area contributed by atoms with E-state index in [0.29, 0.717) is 0 Å². The molecule has 0 aromatic heterocycles. The van der Waals surface area contributed by atoms with Gasteiger partial charge >= 0.3 is 0 Å². The zero-order valence-electron chi connectivity index (χ0n) is 10.2. The van der Waals surface area contributed by atoms with Crippen LogP contribution in [0.25, 0.3) is 0 Å². The van der Waals surface area contributed by atoms with Crippen LogP contribution in [0.5, 0.6) is 0 Å². The second-order valence-corrected chi connectivity index (χ2v) is 4.95. The molecule has 0 fully saturated rings. The van der Waals surface area contributed by atoms with Crippen molar-refractivity contribution in [1.29, 1.82) is 0 Å². The van der Waals surface area contributed by atoms with Crippen molar-refractivity contribution in [2.75, 3.05) is 0 Å². The number of hydrogen-bond acceptors (Lipinski definition) is 2. The molecule has 2 aromatic carbocycles. The summed E-state index contributed by atoms with van der Waals surface area (Å²) >= 11 is 1.55.